The molecule has 1 aliphatic carbocycles. The zero-order valence-corrected chi connectivity index (χ0v) is 27.0. The molecule has 3 aromatic heterocycles. The van der Waals surface area contributed by atoms with E-state index >= 15 is 4.39 Å². The van der Waals surface area contributed by atoms with E-state index in [1.165, 1.54) is 6.20 Å². The normalized spacial score (nSPS) is 18.1. The standard InChI is InChI=1S/C32H32ClF3N8O3/c1-15-29(43-12-17-8-20(17)31(43)46)38-10-22(40-15)16(2)44-13-18(9-39-44)41-30(45)27-24(14-47-32(3,4)5)37-11-23(42-27)25-19(28(35)36)6-7-21(33)26(25)34/h6-7,9-11,13,16-17,20,28H,8,12,14H2,1-5H3,(H,41,45)/t16?,17-,20-/m1/s1. The fourth-order valence-electron chi connectivity index (χ4n) is 5.48. The predicted molar refractivity (Wildman–Crippen MR) is 167 cm³/mol. The molecule has 2 fully saturated rings. The van der Waals surface area contributed by atoms with Crippen LogP contribution in [0.1, 0.15) is 79.7 Å². The van der Waals surface area contributed by atoms with E-state index in [0.717, 1.165) is 24.8 Å². The average Bonchev–Trinajstić information content (AvgIpc) is 3.52. The van der Waals surface area contributed by atoms with Crippen molar-refractivity contribution in [3.63, 3.8) is 0 Å². The summed E-state index contributed by atoms with van der Waals surface area (Å²) in [6.45, 7) is 9.63. The van der Waals surface area contributed by atoms with E-state index in [4.69, 9.17) is 16.3 Å². The third kappa shape index (κ3) is 6.57. The van der Waals surface area contributed by atoms with Gasteiger partial charge >= 0.3 is 0 Å². The molecule has 11 nitrogen and oxygen atoms in total. The van der Waals surface area contributed by atoms with Gasteiger partial charge in [-0.25, -0.2) is 23.1 Å². The third-order valence-corrected chi connectivity index (χ3v) is 8.42. The Morgan fingerprint density at radius 1 is 1.17 bits per heavy atom. The Kier molecular flexibility index (Phi) is 8.51. The van der Waals surface area contributed by atoms with Gasteiger partial charge in [0.25, 0.3) is 12.3 Å². The SMILES string of the molecule is Cc1nc(C(C)n2cc(NC(=O)c3nc(-c4c(C(F)F)ccc(Cl)c4F)cnc3COC(C)(C)C)cn2)cnc1N1C[C@H]2C[C@H]2C1=O. The highest BCUT2D eigenvalue weighted by atomic mass is 35.5. The third-order valence-electron chi connectivity index (χ3n) is 8.13. The molecular weight excluding hydrogens is 637 g/mol. The van der Waals surface area contributed by atoms with Crippen LogP contribution >= 0.6 is 11.6 Å². The van der Waals surface area contributed by atoms with Crippen molar-refractivity contribution in [1.82, 2.24) is 29.7 Å². The minimum atomic E-state index is -3.04. The van der Waals surface area contributed by atoms with Crippen LogP contribution in [-0.2, 0) is 16.1 Å². The molecular formula is C32H32ClF3N8O3. The lowest BCUT2D eigenvalue weighted by molar-refractivity contribution is -0.118. The molecule has 1 N–H and O–H groups in total. The van der Waals surface area contributed by atoms with Crippen LogP contribution in [0.5, 0.6) is 0 Å². The van der Waals surface area contributed by atoms with Gasteiger partial charge in [-0.2, -0.15) is 5.10 Å². The van der Waals surface area contributed by atoms with Gasteiger partial charge in [0.15, 0.2) is 17.3 Å². The number of aromatic nitrogens is 6. The van der Waals surface area contributed by atoms with Crippen LogP contribution in [0, 0.1) is 24.6 Å². The van der Waals surface area contributed by atoms with E-state index in [0.29, 0.717) is 35.4 Å². The Bertz CT molecular complexity index is 1880. The number of alkyl halides is 2. The summed E-state index contributed by atoms with van der Waals surface area (Å²) in [7, 11) is 0. The number of hydrogen-bond donors (Lipinski definition) is 1. The minimum absolute atomic E-state index is 0.0937. The molecule has 1 unspecified atom stereocenters. The molecule has 1 saturated heterocycles. The first-order chi connectivity index (χ1) is 22.2. The number of halogens is 4. The molecule has 1 aliphatic heterocycles. The molecule has 0 bridgehead atoms. The van der Waals surface area contributed by atoms with E-state index in [-0.39, 0.29) is 46.6 Å². The summed E-state index contributed by atoms with van der Waals surface area (Å²) < 4.78 is 50.2. The van der Waals surface area contributed by atoms with E-state index < -0.39 is 34.9 Å². The van der Waals surface area contributed by atoms with Crippen LogP contribution in [0.2, 0.25) is 5.02 Å². The second kappa shape index (κ2) is 12.3. The number of piperidine rings is 1. The highest BCUT2D eigenvalue weighted by molar-refractivity contribution is 6.31. The monoisotopic (exact) mass is 668 g/mol. The summed E-state index contributed by atoms with van der Waals surface area (Å²) >= 11 is 5.91. The lowest BCUT2D eigenvalue weighted by atomic mass is 10.0. The van der Waals surface area contributed by atoms with Crippen molar-refractivity contribution in [3.05, 3.63) is 76.1 Å². The topological polar surface area (TPSA) is 128 Å². The van der Waals surface area contributed by atoms with Crippen LogP contribution in [0.3, 0.4) is 0 Å². The molecule has 4 aromatic rings. The zero-order valence-electron chi connectivity index (χ0n) is 26.3. The maximum absolute atomic E-state index is 15.1. The van der Waals surface area contributed by atoms with Gasteiger partial charge in [-0.3, -0.25) is 29.1 Å². The first-order valence-corrected chi connectivity index (χ1v) is 15.4. The smallest absolute Gasteiger partial charge is 0.276 e. The van der Waals surface area contributed by atoms with Crippen LogP contribution < -0.4 is 10.2 Å². The van der Waals surface area contributed by atoms with E-state index in [9.17, 15) is 18.4 Å². The second-order valence-corrected chi connectivity index (χ2v) is 13.1. The van der Waals surface area contributed by atoms with Crippen molar-refractivity contribution in [2.45, 2.75) is 65.7 Å². The van der Waals surface area contributed by atoms with Gasteiger partial charge in [0.05, 0.1) is 70.3 Å². The average molecular weight is 669 g/mol. The van der Waals surface area contributed by atoms with Crippen molar-refractivity contribution in [1.29, 1.82) is 0 Å². The van der Waals surface area contributed by atoms with Gasteiger partial charge in [-0.05, 0) is 53.0 Å². The van der Waals surface area contributed by atoms with Gasteiger partial charge in [0.2, 0.25) is 5.91 Å². The molecule has 2 aliphatic rings. The molecule has 1 saturated carbocycles. The minimum Gasteiger partial charge on any atom is -0.369 e. The van der Waals surface area contributed by atoms with Crippen LogP contribution in [0.25, 0.3) is 11.3 Å². The fourth-order valence-corrected chi connectivity index (χ4v) is 5.64. The summed E-state index contributed by atoms with van der Waals surface area (Å²) in [4.78, 5) is 45.6. The van der Waals surface area contributed by atoms with E-state index in [1.54, 1.807) is 28.9 Å². The summed E-state index contributed by atoms with van der Waals surface area (Å²) in [5.41, 5.74) is -0.704. The number of rotatable bonds is 9. The first kappa shape index (κ1) is 32.5. The number of nitrogens with one attached hydrogen (secondary N) is 1. The molecule has 0 spiro atoms. The number of carbonyl (C=O) groups excluding carboxylic acids is 2. The van der Waals surface area contributed by atoms with Crippen LogP contribution in [0.4, 0.5) is 24.7 Å². The molecule has 1 aromatic carbocycles. The lowest BCUT2D eigenvalue weighted by Crippen LogP contribution is -2.30. The highest BCUT2D eigenvalue weighted by Gasteiger charge is 2.53. The molecule has 47 heavy (non-hydrogen) atoms. The number of amides is 2. The number of carbonyl (C=O) groups is 2. The number of benzene rings is 1. The van der Waals surface area contributed by atoms with Crippen molar-refractivity contribution in [2.24, 2.45) is 11.8 Å². The predicted octanol–water partition coefficient (Wildman–Crippen LogP) is 6.33. The Hall–Kier alpha value is -4.43. The molecule has 0 radical (unpaired) electrons. The molecule has 4 heterocycles. The van der Waals surface area contributed by atoms with E-state index in [1.807, 2.05) is 27.7 Å². The maximum atomic E-state index is 15.1. The number of anilines is 2. The van der Waals surface area contributed by atoms with Gasteiger partial charge < -0.3 is 10.1 Å². The highest BCUT2D eigenvalue weighted by Crippen LogP contribution is 2.47. The maximum Gasteiger partial charge on any atom is 0.276 e. The summed E-state index contributed by atoms with van der Waals surface area (Å²) in [5.74, 6) is -0.682. The molecule has 246 valence electrons. The number of hydrogen-bond acceptors (Lipinski definition) is 8. The summed E-state index contributed by atoms with van der Waals surface area (Å²) in [5, 5.41) is 6.69. The van der Waals surface area contributed by atoms with Gasteiger partial charge in [0, 0.05) is 29.8 Å². The lowest BCUT2D eigenvalue weighted by Gasteiger charge is -2.20. The van der Waals surface area contributed by atoms with Gasteiger partial charge in [-0.1, -0.05) is 17.7 Å². The quantitative estimate of drug-likeness (QED) is 0.219. The molecule has 2 amide bonds. The van der Waals surface area contributed by atoms with Crippen molar-refractivity contribution in [2.75, 3.05) is 16.8 Å². The Morgan fingerprint density at radius 3 is 2.60 bits per heavy atom. The number of nitrogens with zero attached hydrogens (tertiary/aromatic N) is 7. The Morgan fingerprint density at radius 2 is 1.94 bits per heavy atom. The van der Waals surface area contributed by atoms with Crippen molar-refractivity contribution >= 4 is 34.9 Å². The van der Waals surface area contributed by atoms with Gasteiger partial charge in [0.1, 0.15) is 0 Å². The van der Waals surface area contributed by atoms with Gasteiger partial charge in [-0.15, -0.1) is 0 Å². The van der Waals surface area contributed by atoms with E-state index in [2.05, 4.69) is 30.4 Å². The number of aryl methyl sites for hydroxylation is 1. The first-order valence-electron chi connectivity index (χ1n) is 15.0. The molecule has 15 heteroatoms. The summed E-state index contributed by atoms with van der Waals surface area (Å²) in [6.07, 6.45) is 3.63. The fraction of sp³-hybridized carbons (Fsp3) is 0.406. The largest absolute Gasteiger partial charge is 0.369 e. The number of fused-ring (bicyclic) bond motifs is 1. The zero-order chi connectivity index (χ0) is 33.8. The summed E-state index contributed by atoms with van der Waals surface area (Å²) in [6, 6.07) is 1.65. The molecule has 6 rings (SSSR count). The number of ether oxygens (including phenoxy) is 1. The Labute approximate surface area is 273 Å². The molecule has 3 atom stereocenters. The Balaban J connectivity index is 1.25. The van der Waals surface area contributed by atoms with Crippen molar-refractivity contribution < 1.29 is 27.5 Å². The van der Waals surface area contributed by atoms with Crippen molar-refractivity contribution in [3.8, 4) is 11.3 Å². The van der Waals surface area contributed by atoms with Crippen LogP contribution in [0.15, 0.2) is 36.9 Å². The van der Waals surface area contributed by atoms with Crippen LogP contribution in [-0.4, -0.2) is 53.7 Å². The second-order valence-electron chi connectivity index (χ2n) is 12.7.